The van der Waals surface area contributed by atoms with Gasteiger partial charge in [0.15, 0.2) is 0 Å². The van der Waals surface area contributed by atoms with E-state index in [0.29, 0.717) is 18.1 Å². The minimum atomic E-state index is 0.569. The summed E-state index contributed by atoms with van der Waals surface area (Å²) in [7, 11) is 1.78. The van der Waals surface area contributed by atoms with Crippen LogP contribution in [-0.4, -0.2) is 49.8 Å². The molecule has 0 fully saturated rings. The number of rotatable bonds is 11. The van der Waals surface area contributed by atoms with Gasteiger partial charge in [0.05, 0.1) is 6.61 Å². The summed E-state index contributed by atoms with van der Waals surface area (Å²) in [5, 5.41) is 3.61. The molecule has 0 rings (SSSR count). The van der Waals surface area contributed by atoms with Crippen LogP contribution in [0.5, 0.6) is 0 Å². The number of hydrogen-bond donors (Lipinski definition) is 1. The van der Waals surface area contributed by atoms with E-state index in [1.54, 1.807) is 7.11 Å². The lowest BCUT2D eigenvalue weighted by Gasteiger charge is -2.36. The van der Waals surface area contributed by atoms with Crippen molar-refractivity contribution in [2.45, 2.75) is 72.0 Å². The van der Waals surface area contributed by atoms with Crippen LogP contribution in [0.25, 0.3) is 0 Å². The fourth-order valence-electron chi connectivity index (χ4n) is 2.35. The molecule has 2 unspecified atom stereocenters. The largest absolute Gasteiger partial charge is 0.383 e. The summed E-state index contributed by atoms with van der Waals surface area (Å²) in [4.78, 5) is 2.60. The molecular formula is C15H34N2O. The summed E-state index contributed by atoms with van der Waals surface area (Å²) < 4.78 is 5.25. The van der Waals surface area contributed by atoms with Crippen molar-refractivity contribution >= 4 is 0 Å². The smallest absolute Gasteiger partial charge is 0.0589 e. The fraction of sp³-hybridized carbons (Fsp3) is 1.00. The summed E-state index contributed by atoms with van der Waals surface area (Å²) in [5.41, 5.74) is 0. The summed E-state index contributed by atoms with van der Waals surface area (Å²) in [5.74, 6) is 0. The molecule has 0 aliphatic heterocycles. The van der Waals surface area contributed by atoms with Crippen LogP contribution in [0, 0.1) is 0 Å². The Kier molecular flexibility index (Phi) is 10.7. The van der Waals surface area contributed by atoms with Gasteiger partial charge in [-0.2, -0.15) is 0 Å². The van der Waals surface area contributed by atoms with Crippen LogP contribution in [0.1, 0.15) is 53.9 Å². The van der Waals surface area contributed by atoms with E-state index in [9.17, 15) is 0 Å². The van der Waals surface area contributed by atoms with Crippen molar-refractivity contribution in [2.24, 2.45) is 0 Å². The third-order valence-electron chi connectivity index (χ3n) is 3.91. The topological polar surface area (TPSA) is 24.5 Å². The zero-order valence-corrected chi connectivity index (χ0v) is 13.3. The highest BCUT2D eigenvalue weighted by Crippen LogP contribution is 2.12. The number of nitrogens with zero attached hydrogens (tertiary/aromatic N) is 1. The Morgan fingerprint density at radius 3 is 2.11 bits per heavy atom. The van der Waals surface area contributed by atoms with Crippen molar-refractivity contribution in [3.63, 3.8) is 0 Å². The van der Waals surface area contributed by atoms with Gasteiger partial charge < -0.3 is 10.1 Å². The highest BCUT2D eigenvalue weighted by atomic mass is 16.5. The molecule has 0 aromatic carbocycles. The van der Waals surface area contributed by atoms with E-state index >= 15 is 0 Å². The molecule has 0 radical (unpaired) electrons. The van der Waals surface area contributed by atoms with Crippen molar-refractivity contribution in [2.75, 3.05) is 26.8 Å². The Labute approximate surface area is 114 Å². The maximum absolute atomic E-state index is 5.25. The van der Waals surface area contributed by atoms with Gasteiger partial charge >= 0.3 is 0 Å². The van der Waals surface area contributed by atoms with E-state index in [0.717, 1.165) is 19.7 Å². The summed E-state index contributed by atoms with van der Waals surface area (Å²) in [6, 6.07) is 1.85. The second-order valence-electron chi connectivity index (χ2n) is 5.27. The molecule has 18 heavy (non-hydrogen) atoms. The predicted molar refractivity (Wildman–Crippen MR) is 80.2 cm³/mol. The van der Waals surface area contributed by atoms with Crippen molar-refractivity contribution < 1.29 is 4.74 Å². The number of methoxy groups -OCH3 is 1. The van der Waals surface area contributed by atoms with Crippen LogP contribution in [0.2, 0.25) is 0 Å². The lowest BCUT2D eigenvalue weighted by Crippen LogP contribution is -2.48. The Hall–Kier alpha value is -0.120. The van der Waals surface area contributed by atoms with Crippen molar-refractivity contribution in [3.05, 3.63) is 0 Å². The van der Waals surface area contributed by atoms with Gasteiger partial charge in [0.25, 0.3) is 0 Å². The summed E-state index contributed by atoms with van der Waals surface area (Å²) >= 11 is 0. The maximum Gasteiger partial charge on any atom is 0.0589 e. The Balaban J connectivity index is 4.33. The number of hydrogen-bond acceptors (Lipinski definition) is 3. The van der Waals surface area contributed by atoms with Crippen LogP contribution in [0.15, 0.2) is 0 Å². The van der Waals surface area contributed by atoms with Gasteiger partial charge in [0, 0.05) is 38.3 Å². The molecule has 1 N–H and O–H groups in total. The normalized spacial score (nSPS) is 15.3. The summed E-state index contributed by atoms with van der Waals surface area (Å²) in [6.07, 6.45) is 3.62. The molecule has 0 amide bonds. The Bertz CT molecular complexity index is 183. The molecule has 3 nitrogen and oxygen atoms in total. The van der Waals surface area contributed by atoms with E-state index in [1.807, 2.05) is 0 Å². The molecule has 0 aromatic heterocycles. The second kappa shape index (κ2) is 10.8. The Morgan fingerprint density at radius 1 is 1.06 bits per heavy atom. The van der Waals surface area contributed by atoms with E-state index in [2.05, 4.69) is 44.8 Å². The van der Waals surface area contributed by atoms with Crippen molar-refractivity contribution in [3.8, 4) is 0 Å². The zero-order chi connectivity index (χ0) is 14.0. The molecule has 0 saturated heterocycles. The number of ether oxygens (including phenoxy) is 1. The summed E-state index contributed by atoms with van der Waals surface area (Å²) in [6.45, 7) is 14.3. The first-order chi connectivity index (χ1) is 8.60. The van der Waals surface area contributed by atoms with E-state index < -0.39 is 0 Å². The van der Waals surface area contributed by atoms with Gasteiger partial charge in [-0.15, -0.1) is 0 Å². The van der Waals surface area contributed by atoms with E-state index in [4.69, 9.17) is 4.74 Å². The molecule has 0 heterocycles. The van der Waals surface area contributed by atoms with E-state index in [1.165, 1.54) is 19.3 Å². The fourth-order valence-corrected chi connectivity index (χ4v) is 2.35. The molecule has 0 spiro atoms. The van der Waals surface area contributed by atoms with Gasteiger partial charge in [-0.1, -0.05) is 20.8 Å². The first-order valence-corrected chi connectivity index (χ1v) is 7.58. The first kappa shape index (κ1) is 17.9. The number of nitrogens with one attached hydrogen (secondary N) is 1. The minimum absolute atomic E-state index is 0.569. The third-order valence-corrected chi connectivity index (χ3v) is 3.91. The van der Waals surface area contributed by atoms with Gasteiger partial charge in [-0.05, 0) is 33.1 Å². The van der Waals surface area contributed by atoms with Gasteiger partial charge in [-0.3, -0.25) is 4.90 Å². The average molecular weight is 258 g/mol. The van der Waals surface area contributed by atoms with Crippen LogP contribution < -0.4 is 5.32 Å². The average Bonchev–Trinajstić information content (AvgIpc) is 2.40. The SMILES string of the molecule is CCC(C)NCC(C)N(CCOC)C(CC)CC. The van der Waals surface area contributed by atoms with Gasteiger partial charge in [0.2, 0.25) is 0 Å². The van der Waals surface area contributed by atoms with Crippen molar-refractivity contribution in [1.29, 1.82) is 0 Å². The quantitative estimate of drug-likeness (QED) is 0.617. The monoisotopic (exact) mass is 258 g/mol. The molecule has 0 bridgehead atoms. The standard InChI is InChI=1S/C15H34N2O/c1-7-13(4)16-12-14(5)17(10-11-18-6)15(8-2)9-3/h13-16H,7-12H2,1-6H3. The second-order valence-corrected chi connectivity index (χ2v) is 5.27. The molecule has 110 valence electrons. The molecule has 3 heteroatoms. The van der Waals surface area contributed by atoms with Crippen LogP contribution in [-0.2, 0) is 4.74 Å². The molecule has 2 atom stereocenters. The molecule has 0 aliphatic rings. The van der Waals surface area contributed by atoms with Crippen molar-refractivity contribution in [1.82, 2.24) is 10.2 Å². The molecule has 0 aromatic rings. The maximum atomic E-state index is 5.25. The van der Waals surface area contributed by atoms with Gasteiger partial charge in [-0.25, -0.2) is 0 Å². The van der Waals surface area contributed by atoms with Gasteiger partial charge in [0.1, 0.15) is 0 Å². The van der Waals surface area contributed by atoms with Crippen LogP contribution >= 0.6 is 0 Å². The lowest BCUT2D eigenvalue weighted by atomic mass is 10.1. The Morgan fingerprint density at radius 2 is 1.67 bits per heavy atom. The highest BCUT2D eigenvalue weighted by molar-refractivity contribution is 4.77. The lowest BCUT2D eigenvalue weighted by molar-refractivity contribution is 0.0841. The molecule has 0 saturated carbocycles. The molecule has 0 aliphatic carbocycles. The predicted octanol–water partition coefficient (Wildman–Crippen LogP) is 2.90. The zero-order valence-electron chi connectivity index (χ0n) is 13.3. The highest BCUT2D eigenvalue weighted by Gasteiger charge is 2.20. The van der Waals surface area contributed by atoms with Crippen LogP contribution in [0.3, 0.4) is 0 Å². The molecular weight excluding hydrogens is 224 g/mol. The van der Waals surface area contributed by atoms with Crippen LogP contribution in [0.4, 0.5) is 0 Å². The van der Waals surface area contributed by atoms with E-state index in [-0.39, 0.29) is 0 Å². The third kappa shape index (κ3) is 6.72. The minimum Gasteiger partial charge on any atom is -0.383 e. The first-order valence-electron chi connectivity index (χ1n) is 7.58.